The van der Waals surface area contributed by atoms with Gasteiger partial charge in [-0.25, -0.2) is 9.78 Å². The van der Waals surface area contributed by atoms with E-state index < -0.39 is 36.1 Å². The first-order chi connectivity index (χ1) is 23.6. The number of nitrogens with one attached hydrogen (secondary N) is 3. The van der Waals surface area contributed by atoms with Crippen LogP contribution < -0.4 is 16.2 Å². The van der Waals surface area contributed by atoms with Gasteiger partial charge in [0.1, 0.15) is 31.6 Å². The summed E-state index contributed by atoms with van der Waals surface area (Å²) in [6.07, 6.45) is 7.23. The van der Waals surface area contributed by atoms with Crippen molar-refractivity contribution < 1.29 is 33.3 Å². The number of ether oxygens (including phenoxy) is 4. The molecule has 1 amide bonds. The number of hydrogen-bond acceptors (Lipinski definition) is 12. The second-order valence-electron chi connectivity index (χ2n) is 12.5. The molecular formula is C34H43N7O8. The SMILES string of the molecule is C#Cc1ccc(CN(CCOC(=O)OC[C@H]2O[C@@H](n3cnc4c(=O)[nH]c(NC(=O)C(C)C)nc43)C[C@@H]2OC(C)=O)CC2CCCCN2)cc1. The lowest BCUT2D eigenvalue weighted by Gasteiger charge is -2.30. The molecule has 2 aromatic heterocycles. The topological polar surface area (TPSA) is 179 Å². The molecule has 2 saturated heterocycles. The Morgan fingerprint density at radius 2 is 2.00 bits per heavy atom. The minimum absolute atomic E-state index is 0.0366. The average Bonchev–Trinajstić information content (AvgIpc) is 3.68. The third-order valence-electron chi connectivity index (χ3n) is 8.42. The number of fused-ring (bicyclic) bond motifs is 1. The van der Waals surface area contributed by atoms with Crippen LogP contribution in [0, 0.1) is 18.3 Å². The molecule has 4 heterocycles. The lowest BCUT2D eigenvalue weighted by molar-refractivity contribution is -0.150. The van der Waals surface area contributed by atoms with Crippen LogP contribution in [-0.4, -0.2) is 93.5 Å². The molecule has 0 bridgehead atoms. The molecule has 1 aromatic carbocycles. The van der Waals surface area contributed by atoms with Gasteiger partial charge in [-0.3, -0.25) is 34.2 Å². The summed E-state index contributed by atoms with van der Waals surface area (Å²) in [6, 6.07) is 8.18. The van der Waals surface area contributed by atoms with E-state index in [2.05, 4.69) is 36.4 Å². The van der Waals surface area contributed by atoms with Crippen molar-refractivity contribution in [1.82, 2.24) is 29.7 Å². The van der Waals surface area contributed by atoms with E-state index >= 15 is 0 Å². The third-order valence-corrected chi connectivity index (χ3v) is 8.42. The molecule has 0 aliphatic carbocycles. The molecule has 1 unspecified atom stereocenters. The van der Waals surface area contributed by atoms with Gasteiger partial charge in [-0.05, 0) is 37.1 Å². The Labute approximate surface area is 284 Å². The number of amides is 1. The van der Waals surface area contributed by atoms with Crippen LogP contribution in [0.1, 0.15) is 63.8 Å². The predicted octanol–water partition coefficient (Wildman–Crippen LogP) is 2.71. The Hall–Kier alpha value is -4.78. The fraction of sp³-hybridized carbons (Fsp3) is 0.529. The highest BCUT2D eigenvalue weighted by Crippen LogP contribution is 2.33. The molecule has 3 N–H and O–H groups in total. The van der Waals surface area contributed by atoms with Crippen molar-refractivity contribution in [1.29, 1.82) is 0 Å². The van der Waals surface area contributed by atoms with E-state index in [1.165, 1.54) is 24.2 Å². The number of carbonyl (C=O) groups is 3. The summed E-state index contributed by atoms with van der Waals surface area (Å²) in [5.41, 5.74) is 1.57. The van der Waals surface area contributed by atoms with Gasteiger partial charge in [0.05, 0.1) is 6.33 Å². The number of H-pyrrole nitrogens is 1. The van der Waals surface area contributed by atoms with E-state index in [0.29, 0.717) is 19.1 Å². The standard InChI is InChI=1S/C34H43N7O8/c1-5-23-9-11-24(12-10-23)17-40(18-25-8-6-7-13-35-25)14-15-46-34(45)47-19-27-26(48-22(4)42)16-28(49-27)41-20-36-29-30(41)37-33(39-32(29)44)38-31(43)21(2)3/h1,9-12,20-21,25-28,35H,6-8,13-19H2,2-4H3,(H2,37,38,39,43,44)/t25?,26-,27+,28+/m0/s1. The monoisotopic (exact) mass is 677 g/mol. The molecule has 49 heavy (non-hydrogen) atoms. The van der Waals surface area contributed by atoms with Gasteiger partial charge >= 0.3 is 12.1 Å². The van der Waals surface area contributed by atoms with Crippen LogP contribution in [-0.2, 0) is 35.1 Å². The normalized spacial score (nSPS) is 20.7. The minimum Gasteiger partial charge on any atom is -0.459 e. The minimum atomic E-state index is -0.880. The number of benzene rings is 1. The lowest BCUT2D eigenvalue weighted by Crippen LogP contribution is -2.44. The van der Waals surface area contributed by atoms with Crippen LogP contribution in [0.2, 0.25) is 0 Å². The number of imidazole rings is 1. The highest BCUT2D eigenvalue weighted by atomic mass is 16.7. The molecule has 0 spiro atoms. The Bertz CT molecular complexity index is 1710. The molecule has 2 fully saturated rings. The lowest BCUT2D eigenvalue weighted by atomic mass is 10.0. The number of aromatic amines is 1. The van der Waals surface area contributed by atoms with Gasteiger partial charge in [-0.1, -0.05) is 38.3 Å². The summed E-state index contributed by atoms with van der Waals surface area (Å²) < 4.78 is 24.0. The fourth-order valence-electron chi connectivity index (χ4n) is 5.86. The van der Waals surface area contributed by atoms with Gasteiger partial charge in [-0.15, -0.1) is 6.42 Å². The summed E-state index contributed by atoms with van der Waals surface area (Å²) in [7, 11) is 0. The van der Waals surface area contributed by atoms with Crippen molar-refractivity contribution in [2.45, 2.75) is 77.5 Å². The number of hydrogen-bond donors (Lipinski definition) is 3. The van der Waals surface area contributed by atoms with E-state index in [9.17, 15) is 19.2 Å². The second kappa shape index (κ2) is 16.6. The van der Waals surface area contributed by atoms with Crippen molar-refractivity contribution in [3.05, 3.63) is 52.1 Å². The molecule has 15 heteroatoms. The number of aromatic nitrogens is 4. The second-order valence-corrected chi connectivity index (χ2v) is 12.5. The van der Waals surface area contributed by atoms with Crippen molar-refractivity contribution in [2.75, 3.05) is 38.2 Å². The first-order valence-corrected chi connectivity index (χ1v) is 16.5. The molecular weight excluding hydrogens is 634 g/mol. The van der Waals surface area contributed by atoms with Gasteiger partial charge in [0.25, 0.3) is 5.56 Å². The Morgan fingerprint density at radius 1 is 1.20 bits per heavy atom. The molecule has 15 nitrogen and oxygen atoms in total. The van der Waals surface area contributed by atoms with E-state index in [0.717, 1.165) is 37.1 Å². The number of rotatable bonds is 13. The van der Waals surface area contributed by atoms with Crippen LogP contribution in [0.4, 0.5) is 10.7 Å². The van der Waals surface area contributed by atoms with E-state index in [1.54, 1.807) is 13.8 Å². The van der Waals surface area contributed by atoms with E-state index in [1.807, 2.05) is 24.3 Å². The fourth-order valence-corrected chi connectivity index (χ4v) is 5.86. The molecule has 2 aliphatic heterocycles. The summed E-state index contributed by atoms with van der Waals surface area (Å²) in [5, 5.41) is 6.15. The Balaban J connectivity index is 1.18. The van der Waals surface area contributed by atoms with E-state index in [-0.39, 0.29) is 48.6 Å². The predicted molar refractivity (Wildman–Crippen MR) is 178 cm³/mol. The largest absolute Gasteiger partial charge is 0.508 e. The van der Waals surface area contributed by atoms with Crippen LogP contribution in [0.15, 0.2) is 35.4 Å². The van der Waals surface area contributed by atoms with Gasteiger partial charge < -0.3 is 24.3 Å². The zero-order valence-electron chi connectivity index (χ0n) is 28.0. The summed E-state index contributed by atoms with van der Waals surface area (Å²) in [6.45, 7) is 7.49. The van der Waals surface area contributed by atoms with Crippen molar-refractivity contribution in [3.63, 3.8) is 0 Å². The average molecular weight is 678 g/mol. The molecule has 0 saturated carbocycles. The molecule has 5 rings (SSSR count). The summed E-state index contributed by atoms with van der Waals surface area (Å²) in [4.78, 5) is 62.7. The maximum Gasteiger partial charge on any atom is 0.508 e. The van der Waals surface area contributed by atoms with Gasteiger partial charge in [0.2, 0.25) is 11.9 Å². The zero-order chi connectivity index (χ0) is 34.9. The number of carbonyl (C=O) groups excluding carboxylic acids is 3. The van der Waals surface area contributed by atoms with Crippen LogP contribution in [0.3, 0.4) is 0 Å². The zero-order valence-corrected chi connectivity index (χ0v) is 28.0. The van der Waals surface area contributed by atoms with E-state index in [4.69, 9.17) is 25.4 Å². The molecule has 4 atom stereocenters. The Kier molecular flexibility index (Phi) is 12.0. The first kappa shape index (κ1) is 35.5. The van der Waals surface area contributed by atoms with Gasteiger partial charge in [0, 0.05) is 50.5 Å². The molecule has 2 aliphatic rings. The van der Waals surface area contributed by atoms with Gasteiger partial charge in [0.15, 0.2) is 11.2 Å². The van der Waals surface area contributed by atoms with Gasteiger partial charge in [-0.2, -0.15) is 4.98 Å². The number of piperidine rings is 1. The number of esters is 1. The van der Waals surface area contributed by atoms with Crippen LogP contribution in [0.5, 0.6) is 0 Å². The smallest absolute Gasteiger partial charge is 0.459 e. The number of anilines is 1. The molecule has 0 radical (unpaired) electrons. The highest BCUT2D eigenvalue weighted by Gasteiger charge is 2.40. The first-order valence-electron chi connectivity index (χ1n) is 16.5. The van der Waals surface area contributed by atoms with Crippen molar-refractivity contribution in [3.8, 4) is 12.3 Å². The molecule has 262 valence electrons. The maximum atomic E-state index is 12.7. The number of terminal acetylenes is 1. The quantitative estimate of drug-likeness (QED) is 0.178. The summed E-state index contributed by atoms with van der Waals surface area (Å²) in [5.74, 6) is 1.40. The van der Waals surface area contributed by atoms with Crippen LogP contribution in [0.25, 0.3) is 11.2 Å². The highest BCUT2D eigenvalue weighted by molar-refractivity contribution is 5.91. The molecule has 3 aromatic rings. The maximum absolute atomic E-state index is 12.7. The Morgan fingerprint density at radius 3 is 2.69 bits per heavy atom. The van der Waals surface area contributed by atoms with Crippen molar-refractivity contribution >= 4 is 35.1 Å². The third kappa shape index (κ3) is 9.65. The number of nitrogens with zero attached hydrogens (tertiary/aromatic N) is 4. The summed E-state index contributed by atoms with van der Waals surface area (Å²) >= 11 is 0. The van der Waals surface area contributed by atoms with Crippen LogP contribution >= 0.6 is 0 Å². The van der Waals surface area contributed by atoms with Crippen molar-refractivity contribution in [2.24, 2.45) is 5.92 Å².